The van der Waals surface area contributed by atoms with E-state index in [-0.39, 0.29) is 17.7 Å². The molecule has 0 saturated carbocycles. The van der Waals surface area contributed by atoms with Crippen molar-refractivity contribution in [2.75, 3.05) is 38.0 Å². The van der Waals surface area contributed by atoms with Crippen molar-refractivity contribution in [3.8, 4) is 0 Å². The van der Waals surface area contributed by atoms with Crippen LogP contribution in [-0.4, -0.2) is 54.3 Å². The van der Waals surface area contributed by atoms with Crippen molar-refractivity contribution in [3.05, 3.63) is 35.4 Å². The molecule has 2 amide bonds. The second kappa shape index (κ2) is 6.44. The molecule has 2 aliphatic heterocycles. The Balaban J connectivity index is 1.70. The standard InChI is InChI=1S/C18H23N3O2/c1-3-4-14-5-6-15-16(12-19-17(15)11-14)18(23)21-9-7-20(8-10-21)13(2)22/h3-6,11,16,19H,7-10,12H2,1-2H3. The maximum atomic E-state index is 12.8. The summed E-state index contributed by atoms with van der Waals surface area (Å²) in [5, 5.41) is 3.35. The summed E-state index contributed by atoms with van der Waals surface area (Å²) < 4.78 is 0. The summed E-state index contributed by atoms with van der Waals surface area (Å²) in [6, 6.07) is 6.20. The molecule has 1 atom stereocenters. The van der Waals surface area contributed by atoms with Crippen LogP contribution in [0.15, 0.2) is 24.3 Å². The molecular formula is C18H23N3O2. The summed E-state index contributed by atoms with van der Waals surface area (Å²) in [6.07, 6.45) is 4.06. The Morgan fingerprint density at radius 1 is 1.17 bits per heavy atom. The highest BCUT2D eigenvalue weighted by Crippen LogP contribution is 2.34. The number of hydrogen-bond acceptors (Lipinski definition) is 3. The van der Waals surface area contributed by atoms with Crippen molar-refractivity contribution in [2.45, 2.75) is 19.8 Å². The van der Waals surface area contributed by atoms with Gasteiger partial charge in [0.25, 0.3) is 0 Å². The molecule has 0 bridgehead atoms. The molecule has 1 unspecified atom stereocenters. The highest BCUT2D eigenvalue weighted by molar-refractivity contribution is 5.89. The number of fused-ring (bicyclic) bond motifs is 1. The van der Waals surface area contributed by atoms with Crippen molar-refractivity contribution < 1.29 is 9.59 Å². The molecule has 1 aromatic rings. The molecule has 2 heterocycles. The van der Waals surface area contributed by atoms with E-state index in [1.807, 2.05) is 17.9 Å². The molecule has 5 heteroatoms. The van der Waals surface area contributed by atoms with Gasteiger partial charge in [-0.25, -0.2) is 0 Å². The Morgan fingerprint density at radius 3 is 2.52 bits per heavy atom. The molecule has 2 aliphatic rings. The zero-order valence-electron chi connectivity index (χ0n) is 13.7. The number of carbonyl (C=O) groups is 2. The number of piperazine rings is 1. The number of benzene rings is 1. The number of anilines is 1. The Labute approximate surface area is 137 Å². The van der Waals surface area contributed by atoms with Crippen molar-refractivity contribution >= 4 is 23.6 Å². The Morgan fingerprint density at radius 2 is 1.87 bits per heavy atom. The van der Waals surface area contributed by atoms with Crippen LogP contribution in [0.25, 0.3) is 6.08 Å². The first-order valence-corrected chi connectivity index (χ1v) is 8.15. The first kappa shape index (κ1) is 15.6. The van der Waals surface area contributed by atoms with Crippen LogP contribution in [0.4, 0.5) is 5.69 Å². The molecule has 1 N–H and O–H groups in total. The number of amides is 2. The molecular weight excluding hydrogens is 290 g/mol. The molecule has 1 saturated heterocycles. The van der Waals surface area contributed by atoms with Crippen molar-refractivity contribution in [3.63, 3.8) is 0 Å². The summed E-state index contributed by atoms with van der Waals surface area (Å²) in [7, 11) is 0. The maximum absolute atomic E-state index is 12.8. The third-order valence-corrected chi connectivity index (χ3v) is 4.64. The molecule has 1 fully saturated rings. The molecule has 1 aromatic carbocycles. The van der Waals surface area contributed by atoms with Crippen LogP contribution in [0.1, 0.15) is 30.9 Å². The van der Waals surface area contributed by atoms with Gasteiger partial charge < -0.3 is 15.1 Å². The summed E-state index contributed by atoms with van der Waals surface area (Å²) in [5.41, 5.74) is 3.28. The number of nitrogens with zero attached hydrogens (tertiary/aromatic N) is 2. The van der Waals surface area contributed by atoms with Gasteiger partial charge in [0, 0.05) is 45.3 Å². The normalized spacial score (nSPS) is 20.5. The number of nitrogens with one attached hydrogen (secondary N) is 1. The fourth-order valence-corrected chi connectivity index (χ4v) is 3.33. The minimum atomic E-state index is -0.117. The number of hydrogen-bond donors (Lipinski definition) is 1. The van der Waals surface area contributed by atoms with Crippen molar-refractivity contribution in [1.82, 2.24) is 9.80 Å². The van der Waals surface area contributed by atoms with Crippen molar-refractivity contribution in [2.24, 2.45) is 0 Å². The zero-order valence-corrected chi connectivity index (χ0v) is 13.7. The minimum Gasteiger partial charge on any atom is -0.384 e. The molecule has 0 aromatic heterocycles. The number of carbonyl (C=O) groups excluding carboxylic acids is 2. The second-order valence-electron chi connectivity index (χ2n) is 6.11. The Kier molecular flexibility index (Phi) is 4.37. The summed E-state index contributed by atoms with van der Waals surface area (Å²) in [6.45, 7) is 6.75. The van der Waals surface area contributed by atoms with E-state index >= 15 is 0 Å². The lowest BCUT2D eigenvalue weighted by molar-refractivity contribution is -0.139. The van der Waals surface area contributed by atoms with Gasteiger partial charge in [0.05, 0.1) is 5.92 Å². The lowest BCUT2D eigenvalue weighted by atomic mass is 9.98. The van der Waals surface area contributed by atoms with Crippen LogP contribution in [0.3, 0.4) is 0 Å². The second-order valence-corrected chi connectivity index (χ2v) is 6.11. The fraction of sp³-hybridized carbons (Fsp3) is 0.444. The van der Waals surface area contributed by atoms with Gasteiger partial charge in [-0.2, -0.15) is 0 Å². The average Bonchev–Trinajstić information content (AvgIpc) is 2.97. The summed E-state index contributed by atoms with van der Waals surface area (Å²) in [5.74, 6) is 0.133. The molecule has 0 radical (unpaired) electrons. The van der Waals surface area contributed by atoms with Gasteiger partial charge >= 0.3 is 0 Å². The third-order valence-electron chi connectivity index (χ3n) is 4.64. The van der Waals surface area contributed by atoms with Crippen LogP contribution in [-0.2, 0) is 9.59 Å². The maximum Gasteiger partial charge on any atom is 0.232 e. The van der Waals surface area contributed by atoms with Gasteiger partial charge in [0.15, 0.2) is 0 Å². The lowest BCUT2D eigenvalue weighted by Gasteiger charge is -2.35. The smallest absolute Gasteiger partial charge is 0.232 e. The average molecular weight is 313 g/mol. The molecule has 0 spiro atoms. The molecule has 122 valence electrons. The fourth-order valence-electron chi connectivity index (χ4n) is 3.33. The van der Waals surface area contributed by atoms with Crippen LogP contribution < -0.4 is 5.32 Å². The largest absolute Gasteiger partial charge is 0.384 e. The van der Waals surface area contributed by atoms with Gasteiger partial charge in [0.1, 0.15) is 0 Å². The van der Waals surface area contributed by atoms with E-state index in [0.717, 1.165) is 16.8 Å². The highest BCUT2D eigenvalue weighted by Gasteiger charge is 2.33. The van der Waals surface area contributed by atoms with E-state index in [2.05, 4.69) is 29.6 Å². The first-order chi connectivity index (χ1) is 11.1. The number of rotatable bonds is 2. The quantitative estimate of drug-likeness (QED) is 0.907. The summed E-state index contributed by atoms with van der Waals surface area (Å²) in [4.78, 5) is 27.9. The third kappa shape index (κ3) is 3.09. The SMILES string of the molecule is CC=Cc1ccc2c(c1)NCC2C(=O)N1CCN(C(C)=O)CC1. The van der Waals surface area contributed by atoms with E-state index in [1.54, 1.807) is 11.8 Å². The van der Waals surface area contributed by atoms with E-state index < -0.39 is 0 Å². The monoisotopic (exact) mass is 313 g/mol. The van der Waals surface area contributed by atoms with Crippen molar-refractivity contribution in [1.29, 1.82) is 0 Å². The van der Waals surface area contributed by atoms with Crippen LogP contribution in [0.5, 0.6) is 0 Å². The predicted molar refractivity (Wildman–Crippen MR) is 91.2 cm³/mol. The molecule has 0 aliphatic carbocycles. The van der Waals surface area contributed by atoms with Gasteiger partial charge in [-0.05, 0) is 24.1 Å². The van der Waals surface area contributed by atoms with E-state index in [0.29, 0.717) is 32.7 Å². The topological polar surface area (TPSA) is 52.7 Å². The zero-order chi connectivity index (χ0) is 16.4. The van der Waals surface area contributed by atoms with E-state index in [1.165, 1.54) is 0 Å². The Hall–Kier alpha value is -2.30. The predicted octanol–water partition coefficient (Wildman–Crippen LogP) is 1.92. The van der Waals surface area contributed by atoms with Gasteiger partial charge in [-0.1, -0.05) is 24.3 Å². The van der Waals surface area contributed by atoms with Crippen LogP contribution >= 0.6 is 0 Å². The Bertz CT molecular complexity index is 646. The number of allylic oxidation sites excluding steroid dienone is 1. The van der Waals surface area contributed by atoms with Crippen LogP contribution in [0.2, 0.25) is 0 Å². The van der Waals surface area contributed by atoms with E-state index in [4.69, 9.17) is 0 Å². The van der Waals surface area contributed by atoms with Crippen LogP contribution in [0, 0.1) is 0 Å². The van der Waals surface area contributed by atoms with Gasteiger partial charge in [0.2, 0.25) is 11.8 Å². The van der Waals surface area contributed by atoms with Gasteiger partial charge in [-0.3, -0.25) is 9.59 Å². The summed E-state index contributed by atoms with van der Waals surface area (Å²) >= 11 is 0. The molecule has 23 heavy (non-hydrogen) atoms. The van der Waals surface area contributed by atoms with Gasteiger partial charge in [-0.15, -0.1) is 0 Å². The molecule has 5 nitrogen and oxygen atoms in total. The molecule has 3 rings (SSSR count). The highest BCUT2D eigenvalue weighted by atomic mass is 16.2. The van der Waals surface area contributed by atoms with E-state index in [9.17, 15) is 9.59 Å². The first-order valence-electron chi connectivity index (χ1n) is 8.15. The minimum absolute atomic E-state index is 0.0847. The lowest BCUT2D eigenvalue weighted by Crippen LogP contribution is -2.51.